The quantitative estimate of drug-likeness (QED) is 0.715. The number of anilines is 1. The summed E-state index contributed by atoms with van der Waals surface area (Å²) in [6, 6.07) is 1.37. The largest absolute Gasteiger partial charge is 0.393 e. The van der Waals surface area contributed by atoms with Gasteiger partial charge in [-0.15, -0.1) is 0 Å². The van der Waals surface area contributed by atoms with Crippen molar-refractivity contribution in [2.24, 2.45) is 0 Å². The predicted molar refractivity (Wildman–Crippen MR) is 53.1 cm³/mol. The maximum absolute atomic E-state index is 13.4. The highest BCUT2D eigenvalue weighted by atomic mass is 19.1. The lowest BCUT2D eigenvalue weighted by molar-refractivity contribution is -0.0213. The first-order valence-electron chi connectivity index (χ1n) is 4.60. The Hall–Kier alpha value is -1.73. The fourth-order valence-electron chi connectivity index (χ4n) is 1.43. The number of hydrogen-bond acceptors (Lipinski definition) is 5. The Kier molecular flexibility index (Phi) is 2.71. The summed E-state index contributed by atoms with van der Waals surface area (Å²) in [5, 5.41) is 8.80. The molecule has 16 heavy (non-hydrogen) atoms. The average Bonchev–Trinajstić information content (AvgIpc) is 2.60. The number of halogens is 1. The number of rotatable bonds is 2. The van der Waals surface area contributed by atoms with Crippen LogP contribution in [0.5, 0.6) is 0 Å². The molecule has 0 bridgehead atoms. The molecule has 1 aliphatic heterocycles. The Morgan fingerprint density at radius 1 is 1.69 bits per heavy atom. The molecule has 0 spiro atoms. The van der Waals surface area contributed by atoms with Gasteiger partial charge in [0.05, 0.1) is 6.61 Å². The fourth-order valence-corrected chi connectivity index (χ4v) is 1.43. The first kappa shape index (κ1) is 10.8. The summed E-state index contributed by atoms with van der Waals surface area (Å²) in [6.45, 7) is -0.346. The first-order valence-corrected chi connectivity index (χ1v) is 4.60. The topological polar surface area (TPSA) is 90.4 Å². The van der Waals surface area contributed by atoms with Crippen LogP contribution in [0.25, 0.3) is 0 Å². The monoisotopic (exact) mass is 227 g/mol. The molecule has 1 aliphatic rings. The van der Waals surface area contributed by atoms with Crippen molar-refractivity contribution in [2.75, 3.05) is 12.3 Å². The molecular weight excluding hydrogens is 217 g/mol. The van der Waals surface area contributed by atoms with Crippen LogP contribution >= 0.6 is 0 Å². The van der Waals surface area contributed by atoms with Gasteiger partial charge in [-0.05, 0) is 12.1 Å². The molecule has 0 aliphatic carbocycles. The summed E-state index contributed by atoms with van der Waals surface area (Å²) >= 11 is 0. The number of nitrogen functional groups attached to an aromatic ring is 1. The lowest BCUT2D eigenvalue weighted by Gasteiger charge is -2.14. The molecule has 0 amide bonds. The molecule has 2 atom stereocenters. The number of hydrogen-bond donors (Lipinski definition) is 2. The standard InChI is InChI=1S/C9H10FN3O3/c10-6-3-5(4-14)16-8(6)13-2-1-7(11)12-9(13)15/h1-3,5,8,14H,4H2,(H2,11,12,15)/t5-,8-/m0/s1. The molecule has 7 heteroatoms. The highest BCUT2D eigenvalue weighted by Gasteiger charge is 2.29. The van der Waals surface area contributed by atoms with Gasteiger partial charge in [0.15, 0.2) is 6.23 Å². The van der Waals surface area contributed by atoms with Gasteiger partial charge in [-0.2, -0.15) is 4.98 Å². The summed E-state index contributed by atoms with van der Waals surface area (Å²) in [6.07, 6.45) is 0.503. The molecule has 2 rings (SSSR count). The van der Waals surface area contributed by atoms with E-state index in [4.69, 9.17) is 15.6 Å². The van der Waals surface area contributed by atoms with E-state index >= 15 is 0 Å². The van der Waals surface area contributed by atoms with Crippen LogP contribution in [0.4, 0.5) is 10.2 Å². The van der Waals surface area contributed by atoms with Crippen molar-refractivity contribution in [3.8, 4) is 0 Å². The number of nitrogens with two attached hydrogens (primary N) is 1. The van der Waals surface area contributed by atoms with Gasteiger partial charge in [0, 0.05) is 6.20 Å². The number of aliphatic hydroxyl groups is 1. The molecule has 0 aromatic carbocycles. The summed E-state index contributed by atoms with van der Waals surface area (Å²) in [5.74, 6) is -0.574. The predicted octanol–water partition coefficient (Wildman–Crippen LogP) is -0.431. The second-order valence-corrected chi connectivity index (χ2v) is 3.30. The van der Waals surface area contributed by atoms with E-state index < -0.39 is 23.8 Å². The van der Waals surface area contributed by atoms with Crippen LogP contribution < -0.4 is 11.4 Å². The van der Waals surface area contributed by atoms with Gasteiger partial charge in [0.1, 0.15) is 17.7 Å². The van der Waals surface area contributed by atoms with Crippen molar-refractivity contribution < 1.29 is 14.2 Å². The zero-order chi connectivity index (χ0) is 11.7. The lowest BCUT2D eigenvalue weighted by Crippen LogP contribution is -2.28. The molecule has 0 radical (unpaired) electrons. The fraction of sp³-hybridized carbons (Fsp3) is 0.333. The third kappa shape index (κ3) is 1.82. The van der Waals surface area contributed by atoms with Crippen LogP contribution in [0.1, 0.15) is 6.23 Å². The maximum atomic E-state index is 13.4. The molecular formula is C9H10FN3O3. The van der Waals surface area contributed by atoms with E-state index in [1.54, 1.807) is 0 Å². The third-order valence-electron chi connectivity index (χ3n) is 2.17. The Morgan fingerprint density at radius 3 is 3.00 bits per heavy atom. The summed E-state index contributed by atoms with van der Waals surface area (Å²) < 4.78 is 19.5. The number of ether oxygens (including phenoxy) is 1. The minimum Gasteiger partial charge on any atom is -0.393 e. The van der Waals surface area contributed by atoms with Crippen molar-refractivity contribution in [1.29, 1.82) is 0 Å². The van der Waals surface area contributed by atoms with Crippen LogP contribution in [-0.2, 0) is 4.74 Å². The zero-order valence-corrected chi connectivity index (χ0v) is 8.21. The molecule has 0 saturated heterocycles. The third-order valence-corrected chi connectivity index (χ3v) is 2.17. The lowest BCUT2D eigenvalue weighted by atomic mass is 10.3. The summed E-state index contributed by atoms with van der Waals surface area (Å²) in [4.78, 5) is 14.9. The molecule has 0 saturated carbocycles. The Morgan fingerprint density at radius 2 is 2.44 bits per heavy atom. The highest BCUT2D eigenvalue weighted by molar-refractivity contribution is 5.24. The number of nitrogens with zero attached hydrogens (tertiary/aromatic N) is 2. The van der Waals surface area contributed by atoms with E-state index in [-0.39, 0.29) is 12.4 Å². The Labute approximate surface area is 89.8 Å². The van der Waals surface area contributed by atoms with Crippen LogP contribution in [-0.4, -0.2) is 27.4 Å². The average molecular weight is 227 g/mol. The molecule has 86 valence electrons. The summed E-state index contributed by atoms with van der Waals surface area (Å²) in [7, 11) is 0. The van der Waals surface area contributed by atoms with Crippen molar-refractivity contribution in [3.63, 3.8) is 0 Å². The van der Waals surface area contributed by atoms with E-state index in [1.807, 2.05) is 0 Å². The molecule has 1 aromatic heterocycles. The van der Waals surface area contributed by atoms with Crippen LogP contribution in [0, 0.1) is 0 Å². The Bertz CT molecular complexity index is 485. The van der Waals surface area contributed by atoms with Crippen molar-refractivity contribution in [1.82, 2.24) is 9.55 Å². The van der Waals surface area contributed by atoms with Gasteiger partial charge >= 0.3 is 5.69 Å². The molecule has 0 fully saturated rings. The van der Waals surface area contributed by atoms with Gasteiger partial charge in [0.25, 0.3) is 0 Å². The number of aromatic nitrogens is 2. The second kappa shape index (κ2) is 4.03. The van der Waals surface area contributed by atoms with Crippen LogP contribution in [0.15, 0.2) is 29.0 Å². The molecule has 2 heterocycles. The second-order valence-electron chi connectivity index (χ2n) is 3.30. The SMILES string of the molecule is Nc1ccn([C@H]2O[C@H](CO)C=C2F)c(=O)n1. The van der Waals surface area contributed by atoms with Crippen molar-refractivity contribution in [2.45, 2.75) is 12.3 Å². The smallest absolute Gasteiger partial charge is 0.351 e. The van der Waals surface area contributed by atoms with Crippen LogP contribution in [0.2, 0.25) is 0 Å². The van der Waals surface area contributed by atoms with Gasteiger partial charge in [-0.3, -0.25) is 4.57 Å². The minimum atomic E-state index is -1.17. The van der Waals surface area contributed by atoms with Gasteiger partial charge in [0.2, 0.25) is 0 Å². The van der Waals surface area contributed by atoms with E-state index in [0.29, 0.717) is 0 Å². The minimum absolute atomic E-state index is 0.0577. The number of aliphatic hydroxyl groups excluding tert-OH is 1. The van der Waals surface area contributed by atoms with Crippen molar-refractivity contribution in [3.05, 3.63) is 34.7 Å². The zero-order valence-electron chi connectivity index (χ0n) is 8.21. The van der Waals surface area contributed by atoms with E-state index in [0.717, 1.165) is 10.6 Å². The van der Waals surface area contributed by atoms with Gasteiger partial charge < -0.3 is 15.6 Å². The molecule has 3 N–H and O–H groups in total. The molecule has 6 nitrogen and oxygen atoms in total. The van der Waals surface area contributed by atoms with Gasteiger partial charge in [-0.1, -0.05) is 0 Å². The normalized spacial score (nSPS) is 24.5. The van der Waals surface area contributed by atoms with E-state index in [2.05, 4.69) is 4.98 Å². The first-order chi connectivity index (χ1) is 7.61. The van der Waals surface area contributed by atoms with E-state index in [1.165, 1.54) is 12.3 Å². The van der Waals surface area contributed by atoms with Crippen LogP contribution in [0.3, 0.4) is 0 Å². The highest BCUT2D eigenvalue weighted by Crippen LogP contribution is 2.28. The van der Waals surface area contributed by atoms with Crippen molar-refractivity contribution >= 4 is 5.82 Å². The molecule has 0 unspecified atom stereocenters. The molecule has 1 aromatic rings. The van der Waals surface area contributed by atoms with Gasteiger partial charge in [-0.25, -0.2) is 9.18 Å². The summed E-state index contributed by atoms with van der Waals surface area (Å²) in [5.41, 5.74) is 4.60. The Balaban J connectivity index is 2.33. The van der Waals surface area contributed by atoms with E-state index in [9.17, 15) is 9.18 Å². The maximum Gasteiger partial charge on any atom is 0.351 e.